The first-order valence-corrected chi connectivity index (χ1v) is 7.59. The molecule has 0 aliphatic rings. The predicted molar refractivity (Wildman–Crippen MR) is 82.9 cm³/mol. The molecule has 0 radical (unpaired) electrons. The molecule has 6 heteroatoms. The summed E-state index contributed by atoms with van der Waals surface area (Å²) in [5.74, 6) is -0.418. The highest BCUT2D eigenvalue weighted by Gasteiger charge is 2.16. The van der Waals surface area contributed by atoms with Gasteiger partial charge in [0.25, 0.3) is 0 Å². The fraction of sp³-hybridized carbons (Fsp3) is 0.400. The van der Waals surface area contributed by atoms with Gasteiger partial charge in [-0.05, 0) is 39.0 Å². The van der Waals surface area contributed by atoms with Crippen LogP contribution in [0, 0.1) is 11.3 Å². The molecule has 1 amide bonds. The number of hydrogen-bond acceptors (Lipinski definition) is 5. The summed E-state index contributed by atoms with van der Waals surface area (Å²) in [7, 11) is 0. The molecule has 21 heavy (non-hydrogen) atoms. The summed E-state index contributed by atoms with van der Waals surface area (Å²) < 4.78 is 5.00. The van der Waals surface area contributed by atoms with Gasteiger partial charge in [0.15, 0.2) is 0 Å². The third-order valence-corrected chi connectivity index (χ3v) is 3.56. The first kappa shape index (κ1) is 17.1. The van der Waals surface area contributed by atoms with Crippen LogP contribution < -0.4 is 5.32 Å². The maximum atomic E-state index is 12.0. The van der Waals surface area contributed by atoms with E-state index in [1.54, 1.807) is 45.0 Å². The van der Waals surface area contributed by atoms with Crippen molar-refractivity contribution in [3.05, 3.63) is 29.8 Å². The number of rotatable bonds is 6. The van der Waals surface area contributed by atoms with Crippen LogP contribution in [-0.2, 0) is 14.3 Å². The Bertz CT molecular complexity index is 552. The van der Waals surface area contributed by atoms with Crippen molar-refractivity contribution in [3.63, 3.8) is 0 Å². The molecule has 0 spiro atoms. The maximum Gasteiger partial charge on any atom is 0.316 e. The Morgan fingerprint density at radius 2 is 2.10 bits per heavy atom. The van der Waals surface area contributed by atoms with Gasteiger partial charge in [-0.1, -0.05) is 6.07 Å². The smallest absolute Gasteiger partial charge is 0.316 e. The molecule has 1 atom stereocenters. The van der Waals surface area contributed by atoms with Gasteiger partial charge in [-0.2, -0.15) is 5.26 Å². The SMILES string of the molecule is CC(C)OC(=O)CSC(C)C(=O)Nc1cccc(C#N)c1. The Morgan fingerprint density at radius 3 is 2.71 bits per heavy atom. The van der Waals surface area contributed by atoms with E-state index in [-0.39, 0.29) is 23.7 Å². The van der Waals surface area contributed by atoms with E-state index in [1.165, 1.54) is 11.8 Å². The van der Waals surface area contributed by atoms with Crippen LogP contribution in [0.2, 0.25) is 0 Å². The van der Waals surface area contributed by atoms with E-state index in [2.05, 4.69) is 5.32 Å². The molecule has 0 aromatic heterocycles. The van der Waals surface area contributed by atoms with E-state index in [1.807, 2.05) is 6.07 Å². The van der Waals surface area contributed by atoms with Crippen molar-refractivity contribution in [3.8, 4) is 6.07 Å². The zero-order chi connectivity index (χ0) is 15.8. The van der Waals surface area contributed by atoms with Crippen LogP contribution in [0.25, 0.3) is 0 Å². The molecule has 1 aromatic carbocycles. The predicted octanol–water partition coefficient (Wildman–Crippen LogP) is 2.57. The molecule has 1 N–H and O–H groups in total. The quantitative estimate of drug-likeness (QED) is 0.817. The average Bonchev–Trinajstić information content (AvgIpc) is 2.44. The Kier molecular flexibility index (Phi) is 6.76. The Labute approximate surface area is 128 Å². The molecule has 1 rings (SSSR count). The number of nitrogens with zero attached hydrogens (tertiary/aromatic N) is 1. The number of nitriles is 1. The lowest BCUT2D eigenvalue weighted by Gasteiger charge is -2.12. The van der Waals surface area contributed by atoms with Gasteiger partial charge in [-0.3, -0.25) is 9.59 Å². The molecule has 1 unspecified atom stereocenters. The topological polar surface area (TPSA) is 79.2 Å². The van der Waals surface area contributed by atoms with Crippen LogP contribution >= 0.6 is 11.8 Å². The monoisotopic (exact) mass is 306 g/mol. The summed E-state index contributed by atoms with van der Waals surface area (Å²) in [5, 5.41) is 11.1. The standard InChI is InChI=1S/C15H18N2O3S/c1-10(2)20-14(18)9-21-11(3)15(19)17-13-6-4-5-12(7-13)8-16/h4-7,10-11H,9H2,1-3H3,(H,17,19). The zero-order valence-corrected chi connectivity index (χ0v) is 13.1. The van der Waals surface area contributed by atoms with Gasteiger partial charge in [0.2, 0.25) is 5.91 Å². The van der Waals surface area contributed by atoms with E-state index < -0.39 is 5.25 Å². The highest BCUT2D eigenvalue weighted by atomic mass is 32.2. The Hall–Kier alpha value is -2.00. The van der Waals surface area contributed by atoms with E-state index in [9.17, 15) is 9.59 Å². The van der Waals surface area contributed by atoms with Crippen LogP contribution in [0.15, 0.2) is 24.3 Å². The van der Waals surface area contributed by atoms with E-state index in [4.69, 9.17) is 10.00 Å². The summed E-state index contributed by atoms with van der Waals surface area (Å²) in [6, 6.07) is 8.68. The van der Waals surface area contributed by atoms with Crippen molar-refractivity contribution < 1.29 is 14.3 Å². The van der Waals surface area contributed by atoms with Crippen LogP contribution in [0.5, 0.6) is 0 Å². The summed E-state index contributed by atoms with van der Waals surface area (Å²) in [4.78, 5) is 23.4. The largest absolute Gasteiger partial charge is 0.462 e. The third kappa shape index (κ3) is 6.32. The minimum atomic E-state index is -0.393. The first-order chi connectivity index (χ1) is 9.92. The molecule has 5 nitrogen and oxygen atoms in total. The molecular formula is C15H18N2O3S. The van der Waals surface area contributed by atoms with E-state index in [0.717, 1.165) is 0 Å². The van der Waals surface area contributed by atoms with Crippen molar-refractivity contribution in [1.29, 1.82) is 5.26 Å². The number of benzene rings is 1. The second-order valence-corrected chi connectivity index (χ2v) is 6.00. The number of esters is 1. The molecular weight excluding hydrogens is 288 g/mol. The van der Waals surface area contributed by atoms with Crippen molar-refractivity contribution in [2.75, 3.05) is 11.1 Å². The number of ether oxygens (including phenoxy) is 1. The third-order valence-electron chi connectivity index (χ3n) is 2.45. The zero-order valence-electron chi connectivity index (χ0n) is 12.3. The number of nitrogens with one attached hydrogen (secondary N) is 1. The number of carbonyl (C=O) groups is 2. The number of hydrogen-bond donors (Lipinski definition) is 1. The van der Waals surface area contributed by atoms with Gasteiger partial charge in [-0.25, -0.2) is 0 Å². The van der Waals surface area contributed by atoms with Crippen LogP contribution in [0.4, 0.5) is 5.69 Å². The van der Waals surface area contributed by atoms with Crippen molar-refractivity contribution in [2.24, 2.45) is 0 Å². The number of amides is 1. The maximum absolute atomic E-state index is 12.0. The molecule has 0 aliphatic heterocycles. The number of carbonyl (C=O) groups excluding carboxylic acids is 2. The second-order valence-electron chi connectivity index (χ2n) is 4.67. The van der Waals surface area contributed by atoms with Crippen LogP contribution in [0.1, 0.15) is 26.3 Å². The molecule has 0 saturated carbocycles. The molecule has 1 aromatic rings. The van der Waals surface area contributed by atoms with Crippen molar-refractivity contribution in [2.45, 2.75) is 32.1 Å². The van der Waals surface area contributed by atoms with Gasteiger partial charge in [0, 0.05) is 5.69 Å². The molecule has 0 heterocycles. The van der Waals surface area contributed by atoms with E-state index >= 15 is 0 Å². The van der Waals surface area contributed by atoms with Crippen molar-refractivity contribution >= 4 is 29.3 Å². The lowest BCUT2D eigenvalue weighted by Crippen LogP contribution is -2.24. The Balaban J connectivity index is 2.47. The highest BCUT2D eigenvalue weighted by Crippen LogP contribution is 2.15. The normalized spacial score (nSPS) is 11.6. The highest BCUT2D eigenvalue weighted by molar-refractivity contribution is 8.01. The molecule has 0 fully saturated rings. The average molecular weight is 306 g/mol. The minimum absolute atomic E-state index is 0.130. The lowest BCUT2D eigenvalue weighted by atomic mass is 10.2. The summed E-state index contributed by atoms with van der Waals surface area (Å²) in [5.41, 5.74) is 1.05. The van der Waals surface area contributed by atoms with Gasteiger partial charge in [0.05, 0.1) is 28.7 Å². The summed E-state index contributed by atoms with van der Waals surface area (Å²) in [6.45, 7) is 5.28. The second kappa shape index (κ2) is 8.32. The van der Waals surface area contributed by atoms with Gasteiger partial charge >= 0.3 is 5.97 Å². The first-order valence-electron chi connectivity index (χ1n) is 6.54. The van der Waals surface area contributed by atoms with Gasteiger partial charge in [-0.15, -0.1) is 11.8 Å². The molecule has 0 aliphatic carbocycles. The minimum Gasteiger partial charge on any atom is -0.462 e. The summed E-state index contributed by atoms with van der Waals surface area (Å²) >= 11 is 1.21. The summed E-state index contributed by atoms with van der Waals surface area (Å²) in [6.07, 6.45) is -0.157. The number of thioether (sulfide) groups is 1. The lowest BCUT2D eigenvalue weighted by molar-refractivity contribution is -0.144. The van der Waals surface area contributed by atoms with Crippen LogP contribution in [0.3, 0.4) is 0 Å². The van der Waals surface area contributed by atoms with Gasteiger partial charge in [0.1, 0.15) is 0 Å². The Morgan fingerprint density at radius 1 is 1.38 bits per heavy atom. The van der Waals surface area contributed by atoms with Crippen molar-refractivity contribution in [1.82, 2.24) is 0 Å². The van der Waals surface area contributed by atoms with E-state index in [0.29, 0.717) is 11.3 Å². The van der Waals surface area contributed by atoms with Crippen LogP contribution in [-0.4, -0.2) is 29.0 Å². The number of anilines is 1. The molecule has 0 saturated heterocycles. The fourth-order valence-electron chi connectivity index (χ4n) is 1.48. The molecule has 0 bridgehead atoms. The van der Waals surface area contributed by atoms with Gasteiger partial charge < -0.3 is 10.1 Å². The molecule has 112 valence electrons. The fourth-order valence-corrected chi connectivity index (χ4v) is 2.14.